The molecule has 1 rings (SSSR count). The predicted molar refractivity (Wildman–Crippen MR) is 65.1 cm³/mol. The number of amidine groups is 1. The van der Waals surface area contributed by atoms with E-state index in [1.165, 1.54) is 12.8 Å². The van der Waals surface area contributed by atoms with Gasteiger partial charge in [-0.15, -0.1) is 0 Å². The quantitative estimate of drug-likeness (QED) is 0.751. The summed E-state index contributed by atoms with van der Waals surface area (Å²) >= 11 is 1.91. The van der Waals surface area contributed by atoms with Crippen molar-refractivity contribution in [3.05, 3.63) is 0 Å². The number of nitrogens with one attached hydrogen (secondary N) is 1. The van der Waals surface area contributed by atoms with Gasteiger partial charge < -0.3 is 10.2 Å². The van der Waals surface area contributed by atoms with Crippen LogP contribution in [0, 0.1) is 0 Å². The summed E-state index contributed by atoms with van der Waals surface area (Å²) in [4.78, 5) is 6.66. The molecule has 14 heavy (non-hydrogen) atoms. The molecule has 4 heteroatoms. The molecule has 0 bridgehead atoms. The van der Waals surface area contributed by atoms with Gasteiger partial charge in [0.2, 0.25) is 0 Å². The highest BCUT2D eigenvalue weighted by Gasteiger charge is 2.17. The van der Waals surface area contributed by atoms with E-state index in [0.717, 1.165) is 30.1 Å². The van der Waals surface area contributed by atoms with Crippen molar-refractivity contribution >= 4 is 16.9 Å². The van der Waals surface area contributed by atoms with Crippen molar-refractivity contribution in [2.75, 3.05) is 33.7 Å². The molecule has 0 aromatic rings. The number of hydrogen-bond donors (Lipinski definition) is 1. The van der Waals surface area contributed by atoms with E-state index in [1.54, 1.807) is 0 Å². The normalized spacial score (nSPS) is 21.4. The third kappa shape index (κ3) is 4.33. The average Bonchev–Trinajstić information content (AvgIpc) is 2.53. The largest absolute Gasteiger partial charge is 0.364 e. The lowest BCUT2D eigenvalue weighted by Crippen LogP contribution is -2.29. The second-order valence-electron chi connectivity index (χ2n) is 3.90. The molecule has 0 amide bonds. The zero-order chi connectivity index (χ0) is 10.4. The molecule has 0 spiro atoms. The monoisotopic (exact) mass is 215 g/mol. The third-order valence-electron chi connectivity index (χ3n) is 2.16. The fraction of sp³-hybridized carbons (Fsp3) is 0.900. The predicted octanol–water partition coefficient (Wildman–Crippen LogP) is 1.41. The van der Waals surface area contributed by atoms with Crippen LogP contribution in [0.3, 0.4) is 0 Å². The number of thioether (sulfide) groups is 1. The minimum absolute atomic E-state index is 0.724. The molecule has 0 aromatic heterocycles. The highest BCUT2D eigenvalue weighted by atomic mass is 32.2. The van der Waals surface area contributed by atoms with Gasteiger partial charge in [0.25, 0.3) is 0 Å². The maximum absolute atomic E-state index is 4.48. The minimum Gasteiger partial charge on any atom is -0.364 e. The number of rotatable bonds is 5. The molecule has 0 aliphatic carbocycles. The molecular formula is C10H21N3S. The Balaban J connectivity index is 2.09. The number of hydrogen-bond acceptors (Lipinski definition) is 4. The summed E-state index contributed by atoms with van der Waals surface area (Å²) in [5, 5.41) is 5.24. The molecule has 0 saturated heterocycles. The summed E-state index contributed by atoms with van der Waals surface area (Å²) in [6, 6.07) is 0. The Kier molecular flexibility index (Phi) is 5.33. The van der Waals surface area contributed by atoms with Crippen molar-refractivity contribution in [3.8, 4) is 0 Å². The van der Waals surface area contributed by atoms with Crippen LogP contribution in [0.2, 0.25) is 0 Å². The Hall–Kier alpha value is -0.220. The van der Waals surface area contributed by atoms with Gasteiger partial charge in [-0.1, -0.05) is 25.1 Å². The number of aliphatic imine (C=N–C) groups is 1. The molecule has 82 valence electrons. The van der Waals surface area contributed by atoms with Crippen molar-refractivity contribution in [1.82, 2.24) is 10.2 Å². The van der Waals surface area contributed by atoms with Crippen molar-refractivity contribution < 1.29 is 0 Å². The van der Waals surface area contributed by atoms with Crippen LogP contribution in [0.1, 0.15) is 19.8 Å². The van der Waals surface area contributed by atoms with E-state index in [4.69, 9.17) is 0 Å². The lowest BCUT2D eigenvalue weighted by molar-refractivity contribution is 0.413. The highest BCUT2D eigenvalue weighted by molar-refractivity contribution is 8.14. The fourth-order valence-electron chi connectivity index (χ4n) is 1.37. The Morgan fingerprint density at radius 3 is 3.00 bits per heavy atom. The van der Waals surface area contributed by atoms with Crippen LogP contribution in [0.15, 0.2) is 4.99 Å². The van der Waals surface area contributed by atoms with Gasteiger partial charge in [-0.05, 0) is 20.5 Å². The van der Waals surface area contributed by atoms with E-state index in [9.17, 15) is 0 Å². The maximum Gasteiger partial charge on any atom is 0.156 e. The van der Waals surface area contributed by atoms with Gasteiger partial charge in [-0.25, -0.2) is 0 Å². The topological polar surface area (TPSA) is 27.6 Å². The van der Waals surface area contributed by atoms with Crippen LogP contribution in [0.5, 0.6) is 0 Å². The molecule has 1 aliphatic heterocycles. The molecule has 1 unspecified atom stereocenters. The smallest absolute Gasteiger partial charge is 0.156 e. The van der Waals surface area contributed by atoms with Crippen LogP contribution >= 0.6 is 11.8 Å². The first kappa shape index (κ1) is 11.9. The van der Waals surface area contributed by atoms with Crippen LogP contribution in [-0.4, -0.2) is 49.0 Å². The first-order valence-electron chi connectivity index (χ1n) is 5.32. The Labute approximate surface area is 91.3 Å². The van der Waals surface area contributed by atoms with Gasteiger partial charge in [0.05, 0.1) is 6.54 Å². The first-order chi connectivity index (χ1) is 6.72. The summed E-state index contributed by atoms with van der Waals surface area (Å²) < 4.78 is 0. The molecule has 3 nitrogen and oxygen atoms in total. The first-order valence-corrected chi connectivity index (χ1v) is 6.20. The second-order valence-corrected chi connectivity index (χ2v) is 5.19. The van der Waals surface area contributed by atoms with Gasteiger partial charge in [-0.3, -0.25) is 4.99 Å². The average molecular weight is 215 g/mol. The molecule has 0 radical (unpaired) electrons. The Bertz CT molecular complexity index is 192. The third-order valence-corrected chi connectivity index (χ3v) is 3.38. The van der Waals surface area contributed by atoms with E-state index < -0.39 is 0 Å². The minimum atomic E-state index is 0.724. The summed E-state index contributed by atoms with van der Waals surface area (Å²) in [7, 11) is 4.18. The maximum atomic E-state index is 4.48. The summed E-state index contributed by atoms with van der Waals surface area (Å²) in [6.45, 7) is 5.30. The molecule has 1 heterocycles. The zero-order valence-corrected chi connectivity index (χ0v) is 10.2. The van der Waals surface area contributed by atoms with Crippen molar-refractivity contribution in [1.29, 1.82) is 0 Å². The van der Waals surface area contributed by atoms with E-state index in [2.05, 4.69) is 36.2 Å². The molecule has 0 saturated carbocycles. The zero-order valence-electron chi connectivity index (χ0n) is 9.42. The van der Waals surface area contributed by atoms with Crippen LogP contribution in [-0.2, 0) is 0 Å². The molecule has 0 aromatic carbocycles. The summed E-state index contributed by atoms with van der Waals surface area (Å²) in [6.07, 6.45) is 2.55. The standard InChI is InChI=1S/C10H21N3S/c1-4-5-9-8-12-10(14-9)11-6-7-13(2)3/h9H,4-8H2,1-3H3,(H,11,12). The van der Waals surface area contributed by atoms with E-state index in [1.807, 2.05) is 11.8 Å². The lowest BCUT2D eigenvalue weighted by Gasteiger charge is -2.11. The highest BCUT2D eigenvalue weighted by Crippen LogP contribution is 2.23. The Morgan fingerprint density at radius 1 is 1.57 bits per heavy atom. The fourth-order valence-corrected chi connectivity index (χ4v) is 2.53. The van der Waals surface area contributed by atoms with Gasteiger partial charge in [0.1, 0.15) is 0 Å². The number of likely N-dealkylation sites (N-methyl/N-ethyl adjacent to an activating group) is 1. The van der Waals surface area contributed by atoms with E-state index in [-0.39, 0.29) is 0 Å². The summed E-state index contributed by atoms with van der Waals surface area (Å²) in [5.41, 5.74) is 0. The van der Waals surface area contributed by atoms with Gasteiger partial charge in [0, 0.05) is 18.3 Å². The SMILES string of the molecule is CCCC1CN=C(NCCN(C)C)S1. The van der Waals surface area contributed by atoms with Crippen LogP contribution in [0.25, 0.3) is 0 Å². The van der Waals surface area contributed by atoms with Gasteiger partial charge >= 0.3 is 0 Å². The molecule has 0 fully saturated rings. The van der Waals surface area contributed by atoms with Crippen LogP contribution in [0.4, 0.5) is 0 Å². The second kappa shape index (κ2) is 6.30. The van der Waals surface area contributed by atoms with Crippen molar-refractivity contribution in [3.63, 3.8) is 0 Å². The molecular weight excluding hydrogens is 194 g/mol. The van der Waals surface area contributed by atoms with Crippen molar-refractivity contribution in [2.24, 2.45) is 4.99 Å². The van der Waals surface area contributed by atoms with Crippen molar-refractivity contribution in [2.45, 2.75) is 25.0 Å². The number of nitrogens with zero attached hydrogens (tertiary/aromatic N) is 2. The molecule has 1 aliphatic rings. The molecule has 1 N–H and O–H groups in total. The summed E-state index contributed by atoms with van der Waals surface area (Å²) in [5.74, 6) is 0. The lowest BCUT2D eigenvalue weighted by atomic mass is 10.2. The van der Waals surface area contributed by atoms with Crippen LogP contribution < -0.4 is 5.32 Å². The van der Waals surface area contributed by atoms with E-state index in [0.29, 0.717) is 0 Å². The van der Waals surface area contributed by atoms with E-state index >= 15 is 0 Å². The van der Waals surface area contributed by atoms with Gasteiger partial charge in [0.15, 0.2) is 5.17 Å². The van der Waals surface area contributed by atoms with Gasteiger partial charge in [-0.2, -0.15) is 0 Å². The molecule has 1 atom stereocenters. The Morgan fingerprint density at radius 2 is 2.36 bits per heavy atom.